The number of amides is 1. The highest BCUT2D eigenvalue weighted by Gasteiger charge is 2.32. The second-order valence-corrected chi connectivity index (χ2v) is 7.69. The van der Waals surface area contributed by atoms with E-state index in [4.69, 9.17) is 4.74 Å². The first-order valence-corrected chi connectivity index (χ1v) is 10.6. The number of carbonyl (C=O) groups excluding carboxylic acids is 1. The molecule has 1 aromatic carbocycles. The molecule has 1 aliphatic rings. The lowest BCUT2D eigenvalue weighted by Crippen LogP contribution is -2.27. The zero-order valence-corrected chi connectivity index (χ0v) is 18.6. The summed E-state index contributed by atoms with van der Waals surface area (Å²) in [5.41, 5.74) is 0.190. The van der Waals surface area contributed by atoms with Gasteiger partial charge in [0.25, 0.3) is 5.91 Å². The Kier molecular flexibility index (Phi) is 7.25. The van der Waals surface area contributed by atoms with Crippen molar-refractivity contribution in [3.63, 3.8) is 0 Å². The fraction of sp³-hybridized carbons (Fsp3) is 0.318. The van der Waals surface area contributed by atoms with Crippen molar-refractivity contribution < 1.29 is 27.4 Å². The number of halogens is 3. The van der Waals surface area contributed by atoms with Gasteiger partial charge in [0.2, 0.25) is 0 Å². The van der Waals surface area contributed by atoms with Crippen LogP contribution in [0.15, 0.2) is 54.7 Å². The topological polar surface area (TPSA) is 114 Å². The molecule has 184 valence electrons. The summed E-state index contributed by atoms with van der Waals surface area (Å²) in [6.45, 7) is 1.46. The fourth-order valence-electron chi connectivity index (χ4n) is 3.70. The molecular weight excluding hydrogens is 467 g/mol. The van der Waals surface area contributed by atoms with Gasteiger partial charge in [-0.25, -0.2) is 0 Å². The maximum Gasteiger partial charge on any atom is 0.573 e. The van der Waals surface area contributed by atoms with Gasteiger partial charge in [-0.15, -0.1) is 28.5 Å². The van der Waals surface area contributed by atoms with Crippen molar-refractivity contribution in [2.75, 3.05) is 35.7 Å². The summed E-state index contributed by atoms with van der Waals surface area (Å²) in [7, 11) is 1.27. The van der Waals surface area contributed by atoms with E-state index in [-0.39, 0.29) is 17.4 Å². The molecule has 10 nitrogen and oxygen atoms in total. The molecular formula is C22H22F3N7O3. The molecule has 3 aromatic rings. The van der Waals surface area contributed by atoms with E-state index in [1.807, 2.05) is 12.1 Å². The second-order valence-electron chi connectivity index (χ2n) is 7.69. The van der Waals surface area contributed by atoms with Gasteiger partial charge in [-0.3, -0.25) is 4.79 Å². The summed E-state index contributed by atoms with van der Waals surface area (Å²) >= 11 is 0. The number of anilines is 3. The van der Waals surface area contributed by atoms with Gasteiger partial charge in [0.15, 0.2) is 17.7 Å². The second kappa shape index (κ2) is 10.5. The molecule has 1 amide bonds. The van der Waals surface area contributed by atoms with Gasteiger partial charge in [-0.2, -0.15) is 5.10 Å². The molecule has 2 atom stereocenters. The fourth-order valence-corrected chi connectivity index (χ4v) is 3.70. The number of hydrogen-bond acceptors (Lipinski definition) is 9. The number of rotatable bonds is 8. The third kappa shape index (κ3) is 6.53. The summed E-state index contributed by atoms with van der Waals surface area (Å²) < 4.78 is 46.6. The predicted molar refractivity (Wildman–Crippen MR) is 120 cm³/mol. The van der Waals surface area contributed by atoms with E-state index in [1.165, 1.54) is 19.2 Å². The Bertz CT molecular complexity index is 1130. The van der Waals surface area contributed by atoms with Crippen LogP contribution in [0.1, 0.15) is 18.1 Å². The van der Waals surface area contributed by atoms with E-state index in [0.29, 0.717) is 18.2 Å². The van der Waals surface area contributed by atoms with E-state index < -0.39 is 24.1 Å². The first kappa shape index (κ1) is 24.1. The predicted octanol–water partition coefficient (Wildman–Crippen LogP) is 3.18. The highest BCUT2D eigenvalue weighted by molar-refractivity contribution is 5.94. The molecule has 0 aliphatic carbocycles. The van der Waals surface area contributed by atoms with Gasteiger partial charge >= 0.3 is 6.36 Å². The van der Waals surface area contributed by atoms with E-state index in [2.05, 4.69) is 40.7 Å². The maximum absolute atomic E-state index is 12.7. The van der Waals surface area contributed by atoms with Gasteiger partial charge in [-0.1, -0.05) is 12.1 Å². The van der Waals surface area contributed by atoms with Crippen LogP contribution in [-0.2, 0) is 9.53 Å². The van der Waals surface area contributed by atoms with Gasteiger partial charge in [0.1, 0.15) is 11.6 Å². The highest BCUT2D eigenvalue weighted by Crippen LogP contribution is 2.27. The monoisotopic (exact) mass is 489 g/mol. The van der Waals surface area contributed by atoms with Crippen molar-refractivity contribution in [2.45, 2.75) is 24.9 Å². The summed E-state index contributed by atoms with van der Waals surface area (Å²) in [5.74, 6) is 0.454. The summed E-state index contributed by atoms with van der Waals surface area (Å²) in [6, 6.07) is 12.2. The third-order valence-corrected chi connectivity index (χ3v) is 5.21. The lowest BCUT2D eigenvalue weighted by molar-refractivity contribution is -0.274. The molecule has 0 radical (unpaired) electrons. The first-order chi connectivity index (χ1) is 16.8. The van der Waals surface area contributed by atoms with Crippen LogP contribution in [0.4, 0.5) is 30.6 Å². The highest BCUT2D eigenvalue weighted by atomic mass is 19.4. The molecule has 1 fully saturated rings. The molecule has 35 heavy (non-hydrogen) atoms. The number of ether oxygens (including phenoxy) is 2. The minimum atomic E-state index is -4.85. The van der Waals surface area contributed by atoms with Crippen molar-refractivity contribution in [3.05, 3.63) is 60.3 Å². The van der Waals surface area contributed by atoms with Crippen LogP contribution in [0, 0.1) is 0 Å². The van der Waals surface area contributed by atoms with Crippen molar-refractivity contribution >= 4 is 23.4 Å². The van der Waals surface area contributed by atoms with Crippen LogP contribution < -0.4 is 20.3 Å². The Labute approximate surface area is 198 Å². The SMILES string of the molecule is CO[C@@H](C(=O)Nc1ccc(N2CC[C@@H](Nc3cccnn3)C2)nn1)c1cccc(OC(F)(F)F)c1. The Balaban J connectivity index is 1.36. The molecule has 0 bridgehead atoms. The smallest absolute Gasteiger partial charge is 0.406 e. The summed E-state index contributed by atoms with van der Waals surface area (Å²) in [6.07, 6.45) is -3.54. The van der Waals surface area contributed by atoms with Gasteiger partial charge in [-0.05, 0) is 48.4 Å². The normalized spacial score (nSPS) is 16.6. The Morgan fingerprint density at radius 2 is 1.97 bits per heavy atom. The molecule has 2 aromatic heterocycles. The molecule has 4 rings (SSSR count). The largest absolute Gasteiger partial charge is 0.573 e. The molecule has 1 saturated heterocycles. The minimum Gasteiger partial charge on any atom is -0.406 e. The van der Waals surface area contributed by atoms with Crippen LogP contribution in [0.25, 0.3) is 0 Å². The van der Waals surface area contributed by atoms with Gasteiger partial charge in [0.05, 0.1) is 0 Å². The summed E-state index contributed by atoms with van der Waals surface area (Å²) in [4.78, 5) is 14.8. The summed E-state index contributed by atoms with van der Waals surface area (Å²) in [5, 5.41) is 22.0. The zero-order chi connectivity index (χ0) is 24.8. The average molecular weight is 489 g/mol. The third-order valence-electron chi connectivity index (χ3n) is 5.21. The molecule has 0 saturated carbocycles. The van der Waals surface area contributed by atoms with E-state index in [0.717, 1.165) is 25.1 Å². The van der Waals surface area contributed by atoms with Gasteiger partial charge in [0, 0.05) is 32.4 Å². The van der Waals surface area contributed by atoms with E-state index >= 15 is 0 Å². The van der Waals surface area contributed by atoms with E-state index in [1.54, 1.807) is 18.3 Å². The number of alkyl halides is 3. The number of aromatic nitrogens is 4. The average Bonchev–Trinajstić information content (AvgIpc) is 3.28. The lowest BCUT2D eigenvalue weighted by atomic mass is 10.1. The van der Waals surface area contributed by atoms with Crippen LogP contribution in [0.3, 0.4) is 0 Å². The van der Waals surface area contributed by atoms with Crippen LogP contribution in [0.5, 0.6) is 5.75 Å². The first-order valence-electron chi connectivity index (χ1n) is 10.6. The Morgan fingerprint density at radius 3 is 2.66 bits per heavy atom. The number of nitrogens with zero attached hydrogens (tertiary/aromatic N) is 5. The number of carbonyl (C=O) groups is 1. The molecule has 2 N–H and O–H groups in total. The molecule has 0 unspecified atom stereocenters. The lowest BCUT2D eigenvalue weighted by Gasteiger charge is -2.18. The van der Waals surface area contributed by atoms with Crippen molar-refractivity contribution in [2.24, 2.45) is 0 Å². The number of benzene rings is 1. The maximum atomic E-state index is 12.7. The number of methoxy groups -OCH3 is 1. The Morgan fingerprint density at radius 1 is 1.11 bits per heavy atom. The Hall–Kier alpha value is -4.00. The van der Waals surface area contributed by atoms with Crippen molar-refractivity contribution in [1.29, 1.82) is 0 Å². The van der Waals surface area contributed by atoms with Gasteiger partial charge < -0.3 is 25.0 Å². The van der Waals surface area contributed by atoms with Crippen molar-refractivity contribution in [3.8, 4) is 5.75 Å². The van der Waals surface area contributed by atoms with Crippen LogP contribution in [0.2, 0.25) is 0 Å². The molecule has 1 aliphatic heterocycles. The van der Waals surface area contributed by atoms with Crippen LogP contribution >= 0.6 is 0 Å². The molecule has 3 heterocycles. The zero-order valence-electron chi connectivity index (χ0n) is 18.6. The minimum absolute atomic E-state index is 0.174. The number of nitrogens with one attached hydrogen (secondary N) is 2. The van der Waals surface area contributed by atoms with Crippen LogP contribution in [-0.4, -0.2) is 58.9 Å². The molecule has 13 heteroatoms. The quantitative estimate of drug-likeness (QED) is 0.492. The molecule has 0 spiro atoms. The number of hydrogen-bond donors (Lipinski definition) is 2. The van der Waals surface area contributed by atoms with E-state index in [9.17, 15) is 18.0 Å². The van der Waals surface area contributed by atoms with Crippen molar-refractivity contribution in [1.82, 2.24) is 20.4 Å². The standard InChI is InChI=1S/C22H22F3N7O3/c1-34-20(14-4-2-5-16(12-14)35-22(23,24)25)21(33)28-18-7-8-19(31-30-18)32-11-9-15(13-32)27-17-6-3-10-26-29-17/h2-8,10,12,15,20H,9,11,13H2,1H3,(H,27,29)(H,28,30,33)/t15-,20-/m1/s1.